The second-order valence-electron chi connectivity index (χ2n) is 2.60. The summed E-state index contributed by atoms with van der Waals surface area (Å²) in [6.07, 6.45) is 0.125. The number of hydrogen-bond donors (Lipinski definition) is 1. The Morgan fingerprint density at radius 3 is 2.92 bits per heavy atom. The lowest BCUT2D eigenvalue weighted by Gasteiger charge is -1.95. The van der Waals surface area contributed by atoms with Crippen LogP contribution in [-0.4, -0.2) is 9.97 Å². The Kier molecular flexibility index (Phi) is 1.92. The number of aromatic nitrogens is 2. The molecular weight excluding hydrogens is 198 g/mol. The Morgan fingerprint density at radius 2 is 2.23 bits per heavy atom. The summed E-state index contributed by atoms with van der Waals surface area (Å²) in [5.41, 5.74) is 0.537. The van der Waals surface area contributed by atoms with Crippen molar-refractivity contribution in [1.29, 1.82) is 0 Å². The molecule has 0 saturated heterocycles. The van der Waals surface area contributed by atoms with Crippen LogP contribution in [0.15, 0.2) is 18.5 Å². The van der Waals surface area contributed by atoms with Gasteiger partial charge in [-0.25, -0.2) is 13.8 Å². The maximum Gasteiger partial charge on any atom is 0.265 e. The lowest BCUT2D eigenvalue weighted by molar-refractivity contribution is 0.153. The summed E-state index contributed by atoms with van der Waals surface area (Å²) in [4.78, 5) is 6.44. The molecule has 5 heteroatoms. The highest BCUT2D eigenvalue weighted by Gasteiger charge is 2.13. The molecule has 68 valence electrons. The number of fused-ring (bicyclic) bond motifs is 1. The first-order valence-electron chi connectivity index (χ1n) is 3.59. The minimum absolute atomic E-state index is 0.0424. The zero-order valence-corrected chi connectivity index (χ0v) is 7.15. The van der Waals surface area contributed by atoms with Crippen molar-refractivity contribution in [2.75, 3.05) is 0 Å². The molecule has 0 aliphatic heterocycles. The minimum Gasteiger partial charge on any atom is -0.361 e. The standard InChI is InChI=1S/C8H5ClF2N2/c9-7-1-6-4(2-13-7)5(3-12-6)8(10)11/h1-3,8,12H. The SMILES string of the molecule is FC(F)c1c[nH]c2cc(Cl)ncc12. The molecule has 2 heterocycles. The molecule has 2 nitrogen and oxygen atoms in total. The molecule has 0 unspecified atom stereocenters. The van der Waals surface area contributed by atoms with Gasteiger partial charge in [0, 0.05) is 23.3 Å². The molecule has 2 aromatic rings. The number of nitrogens with one attached hydrogen (secondary N) is 1. The van der Waals surface area contributed by atoms with Gasteiger partial charge in [0.05, 0.1) is 5.52 Å². The van der Waals surface area contributed by atoms with E-state index in [-0.39, 0.29) is 10.7 Å². The van der Waals surface area contributed by atoms with Crippen molar-refractivity contribution in [3.8, 4) is 0 Å². The Labute approximate surface area is 77.5 Å². The van der Waals surface area contributed by atoms with Crippen molar-refractivity contribution >= 4 is 22.5 Å². The van der Waals surface area contributed by atoms with Crippen LogP contribution in [0, 0.1) is 0 Å². The fourth-order valence-electron chi connectivity index (χ4n) is 1.19. The predicted octanol–water partition coefficient (Wildman–Crippen LogP) is 3.15. The molecule has 0 radical (unpaired) electrons. The number of alkyl halides is 2. The number of H-pyrrole nitrogens is 1. The van der Waals surface area contributed by atoms with E-state index in [1.807, 2.05) is 0 Å². The highest BCUT2D eigenvalue weighted by Crippen LogP contribution is 2.27. The van der Waals surface area contributed by atoms with E-state index in [0.717, 1.165) is 0 Å². The second kappa shape index (κ2) is 2.96. The van der Waals surface area contributed by atoms with Gasteiger partial charge in [-0.3, -0.25) is 0 Å². The van der Waals surface area contributed by atoms with Crippen LogP contribution in [0.1, 0.15) is 12.0 Å². The first-order valence-corrected chi connectivity index (χ1v) is 3.97. The van der Waals surface area contributed by atoms with Gasteiger partial charge in [-0.1, -0.05) is 11.6 Å². The normalized spacial score (nSPS) is 11.4. The van der Waals surface area contributed by atoms with Crippen molar-refractivity contribution in [3.63, 3.8) is 0 Å². The van der Waals surface area contributed by atoms with Gasteiger partial charge in [0.1, 0.15) is 5.15 Å². The van der Waals surface area contributed by atoms with Crippen LogP contribution in [-0.2, 0) is 0 Å². The largest absolute Gasteiger partial charge is 0.361 e. The molecule has 0 spiro atoms. The molecule has 2 rings (SSSR count). The number of rotatable bonds is 1. The first kappa shape index (κ1) is 8.44. The van der Waals surface area contributed by atoms with Gasteiger partial charge in [-0.15, -0.1) is 0 Å². The Morgan fingerprint density at radius 1 is 1.46 bits per heavy atom. The Balaban J connectivity index is 2.69. The van der Waals surface area contributed by atoms with Crippen LogP contribution in [0.2, 0.25) is 5.15 Å². The maximum absolute atomic E-state index is 12.4. The molecule has 13 heavy (non-hydrogen) atoms. The van der Waals surface area contributed by atoms with Gasteiger partial charge >= 0.3 is 0 Å². The molecular formula is C8H5ClF2N2. The summed E-state index contributed by atoms with van der Waals surface area (Å²) >= 11 is 5.59. The quantitative estimate of drug-likeness (QED) is 0.707. The average Bonchev–Trinajstić information content (AvgIpc) is 2.46. The highest BCUT2D eigenvalue weighted by molar-refractivity contribution is 6.30. The van der Waals surface area contributed by atoms with E-state index in [1.54, 1.807) is 0 Å². The monoisotopic (exact) mass is 202 g/mol. The smallest absolute Gasteiger partial charge is 0.265 e. The molecule has 0 bridgehead atoms. The molecule has 0 saturated carbocycles. The van der Waals surface area contributed by atoms with Crippen molar-refractivity contribution in [1.82, 2.24) is 9.97 Å². The Bertz CT molecular complexity index is 439. The zero-order valence-electron chi connectivity index (χ0n) is 6.39. The lowest BCUT2D eigenvalue weighted by atomic mass is 10.2. The van der Waals surface area contributed by atoms with E-state index in [4.69, 9.17) is 11.6 Å². The number of pyridine rings is 1. The number of nitrogens with zero attached hydrogens (tertiary/aromatic N) is 1. The molecule has 0 aliphatic rings. The van der Waals surface area contributed by atoms with E-state index in [0.29, 0.717) is 10.9 Å². The number of halogens is 3. The average molecular weight is 203 g/mol. The van der Waals surface area contributed by atoms with Gasteiger partial charge in [0.15, 0.2) is 0 Å². The molecule has 0 amide bonds. The molecule has 2 aromatic heterocycles. The van der Waals surface area contributed by atoms with Crippen LogP contribution >= 0.6 is 11.6 Å². The number of hydrogen-bond acceptors (Lipinski definition) is 1. The second-order valence-corrected chi connectivity index (χ2v) is 2.98. The van der Waals surface area contributed by atoms with E-state index in [2.05, 4.69) is 9.97 Å². The summed E-state index contributed by atoms with van der Waals surface area (Å²) in [5.74, 6) is 0. The lowest BCUT2D eigenvalue weighted by Crippen LogP contribution is -1.81. The van der Waals surface area contributed by atoms with Gasteiger partial charge in [0.25, 0.3) is 6.43 Å². The van der Waals surface area contributed by atoms with Gasteiger partial charge in [-0.2, -0.15) is 0 Å². The summed E-state index contributed by atoms with van der Waals surface area (Å²) < 4.78 is 24.7. The molecule has 0 atom stereocenters. The van der Waals surface area contributed by atoms with Crippen LogP contribution in [0.5, 0.6) is 0 Å². The highest BCUT2D eigenvalue weighted by atomic mass is 35.5. The summed E-state index contributed by atoms with van der Waals surface area (Å²) in [5, 5.41) is 0.703. The molecule has 1 N–H and O–H groups in total. The van der Waals surface area contributed by atoms with Crippen LogP contribution in [0.3, 0.4) is 0 Å². The summed E-state index contributed by atoms with van der Waals surface area (Å²) in [6, 6.07) is 1.52. The van der Waals surface area contributed by atoms with E-state index < -0.39 is 6.43 Å². The third-order valence-electron chi connectivity index (χ3n) is 1.80. The third kappa shape index (κ3) is 1.37. The molecule has 0 fully saturated rings. The van der Waals surface area contributed by atoms with Crippen molar-refractivity contribution in [3.05, 3.63) is 29.2 Å². The van der Waals surface area contributed by atoms with E-state index in [1.165, 1.54) is 18.5 Å². The van der Waals surface area contributed by atoms with Gasteiger partial charge in [-0.05, 0) is 6.07 Å². The van der Waals surface area contributed by atoms with Crippen LogP contribution < -0.4 is 0 Å². The van der Waals surface area contributed by atoms with Crippen molar-refractivity contribution < 1.29 is 8.78 Å². The molecule has 0 aromatic carbocycles. The van der Waals surface area contributed by atoms with Gasteiger partial charge < -0.3 is 4.98 Å². The molecule has 0 aliphatic carbocycles. The fraction of sp³-hybridized carbons (Fsp3) is 0.125. The van der Waals surface area contributed by atoms with Crippen LogP contribution in [0.25, 0.3) is 10.9 Å². The first-order chi connectivity index (χ1) is 6.18. The summed E-state index contributed by atoms with van der Waals surface area (Å²) in [6.45, 7) is 0. The van der Waals surface area contributed by atoms with Crippen molar-refractivity contribution in [2.24, 2.45) is 0 Å². The fourth-order valence-corrected chi connectivity index (χ4v) is 1.35. The van der Waals surface area contributed by atoms with Crippen molar-refractivity contribution in [2.45, 2.75) is 6.43 Å². The van der Waals surface area contributed by atoms with E-state index in [9.17, 15) is 8.78 Å². The zero-order chi connectivity index (χ0) is 9.42. The Hall–Kier alpha value is -1.16. The number of aromatic amines is 1. The van der Waals surface area contributed by atoms with Gasteiger partial charge in [0.2, 0.25) is 0 Å². The topological polar surface area (TPSA) is 28.7 Å². The predicted molar refractivity (Wildman–Crippen MR) is 46.1 cm³/mol. The summed E-state index contributed by atoms with van der Waals surface area (Å²) in [7, 11) is 0. The minimum atomic E-state index is -2.49. The van der Waals surface area contributed by atoms with Crippen LogP contribution in [0.4, 0.5) is 8.78 Å². The third-order valence-corrected chi connectivity index (χ3v) is 2.01. The maximum atomic E-state index is 12.4. The van der Waals surface area contributed by atoms with E-state index >= 15 is 0 Å².